The number of nitrogens with zero attached hydrogens (tertiary/aromatic N) is 1. The van der Waals surface area contributed by atoms with E-state index in [9.17, 15) is 4.39 Å². The second-order valence-corrected chi connectivity index (χ2v) is 4.17. The zero-order chi connectivity index (χ0) is 11.9. The maximum atomic E-state index is 12.7. The van der Waals surface area contributed by atoms with Gasteiger partial charge in [-0.2, -0.15) is 0 Å². The highest BCUT2D eigenvalue weighted by Gasteiger charge is 2.01. The predicted octanol–water partition coefficient (Wildman–Crippen LogP) is 2.28. The molecule has 18 heavy (non-hydrogen) atoms. The Labute approximate surface area is 118 Å². The van der Waals surface area contributed by atoms with Gasteiger partial charge in [0.05, 0.1) is 0 Å². The fraction of sp³-hybridized carbons (Fsp3) is 0.462. The Hall–Kier alpha value is -1.10. The molecule has 0 saturated heterocycles. The third-order valence-electron chi connectivity index (χ3n) is 2.77. The molecule has 3 nitrogen and oxygen atoms in total. The van der Waals surface area contributed by atoms with Gasteiger partial charge in [-0.1, -0.05) is 12.1 Å². The largest absolute Gasteiger partial charge is 0.356 e. The summed E-state index contributed by atoms with van der Waals surface area (Å²) in [5.74, 6) is 0.709. The van der Waals surface area contributed by atoms with E-state index in [-0.39, 0.29) is 22.8 Å². The monoisotopic (exact) mass is 315 g/mol. The lowest BCUT2D eigenvalue weighted by Crippen LogP contribution is -2.38. The fourth-order valence-electron chi connectivity index (χ4n) is 1.79. The van der Waals surface area contributed by atoms with Crippen LogP contribution in [-0.4, -0.2) is 25.6 Å². The predicted molar refractivity (Wildman–Crippen MR) is 78.0 cm³/mol. The van der Waals surface area contributed by atoms with Crippen molar-refractivity contribution < 1.29 is 4.39 Å². The van der Waals surface area contributed by atoms with Crippen LogP contribution in [-0.2, 0) is 6.42 Å². The second kappa shape index (κ2) is 8.08. The molecule has 0 unspecified atom stereocenters. The molecular weight excluding hydrogens is 297 g/mol. The number of hydrogen-bond acceptors (Lipinski definition) is 3. The van der Waals surface area contributed by atoms with Crippen LogP contribution in [0.4, 0.5) is 4.39 Å². The highest BCUT2D eigenvalue weighted by Crippen LogP contribution is 2.02. The van der Waals surface area contributed by atoms with Gasteiger partial charge in [-0.3, -0.25) is 4.99 Å². The molecule has 0 fully saturated rings. The van der Waals surface area contributed by atoms with Crippen LogP contribution in [0.1, 0.15) is 18.4 Å². The van der Waals surface area contributed by atoms with Crippen LogP contribution in [0.3, 0.4) is 0 Å². The van der Waals surface area contributed by atoms with Crippen molar-refractivity contribution >= 4 is 22.9 Å². The third-order valence-corrected chi connectivity index (χ3v) is 2.77. The molecule has 0 saturated carbocycles. The molecule has 0 atom stereocenters. The first kappa shape index (κ1) is 15.0. The Morgan fingerprint density at radius 2 is 2.00 bits per heavy atom. The standard InChI is InChI=1S/C13H18FN3.BrH/c14-12-5-3-11(4-6-12)7-10-17-13-15-8-1-2-9-16-13;/h3-6H,1-2,7-10H2,(H2,15,16,17);1H. The van der Waals surface area contributed by atoms with Crippen LogP contribution in [0.15, 0.2) is 29.3 Å². The lowest BCUT2D eigenvalue weighted by molar-refractivity contribution is 0.626. The number of hydrogen-bond donors (Lipinski definition) is 2. The first-order valence-electron chi connectivity index (χ1n) is 6.11. The Morgan fingerprint density at radius 3 is 2.78 bits per heavy atom. The van der Waals surface area contributed by atoms with Crippen LogP contribution in [0.25, 0.3) is 0 Å². The summed E-state index contributed by atoms with van der Waals surface area (Å²) in [5, 5.41) is 6.53. The maximum absolute atomic E-state index is 12.7. The van der Waals surface area contributed by atoms with Gasteiger partial charge < -0.3 is 10.6 Å². The molecule has 1 heterocycles. The van der Waals surface area contributed by atoms with E-state index in [1.54, 1.807) is 0 Å². The zero-order valence-corrected chi connectivity index (χ0v) is 12.0. The van der Waals surface area contributed by atoms with E-state index in [1.165, 1.54) is 18.6 Å². The Balaban J connectivity index is 0.00000162. The summed E-state index contributed by atoms with van der Waals surface area (Å²) < 4.78 is 12.7. The van der Waals surface area contributed by atoms with Crippen molar-refractivity contribution in [1.82, 2.24) is 10.6 Å². The van der Waals surface area contributed by atoms with Crippen molar-refractivity contribution in [2.45, 2.75) is 19.3 Å². The minimum Gasteiger partial charge on any atom is -0.356 e. The number of aliphatic imine (C=N–C) groups is 1. The SMILES string of the molecule is Br.Fc1ccc(CCNC2=NCCCCN2)cc1. The normalized spacial score (nSPS) is 14.8. The van der Waals surface area contributed by atoms with Crippen LogP contribution in [0.2, 0.25) is 0 Å². The quantitative estimate of drug-likeness (QED) is 0.897. The highest BCUT2D eigenvalue weighted by molar-refractivity contribution is 8.93. The Morgan fingerprint density at radius 1 is 1.22 bits per heavy atom. The van der Waals surface area contributed by atoms with Crippen LogP contribution < -0.4 is 10.6 Å². The van der Waals surface area contributed by atoms with Gasteiger partial charge in [0.15, 0.2) is 5.96 Å². The van der Waals surface area contributed by atoms with Crippen molar-refractivity contribution in [2.24, 2.45) is 4.99 Å². The minimum absolute atomic E-state index is 0. The molecule has 5 heteroatoms. The molecule has 0 aromatic heterocycles. The second-order valence-electron chi connectivity index (χ2n) is 4.17. The van der Waals surface area contributed by atoms with Gasteiger partial charge in [0.1, 0.15) is 5.82 Å². The summed E-state index contributed by atoms with van der Waals surface area (Å²) in [7, 11) is 0. The van der Waals surface area contributed by atoms with Crippen LogP contribution in [0.5, 0.6) is 0 Å². The van der Waals surface area contributed by atoms with E-state index in [0.29, 0.717) is 0 Å². The third kappa shape index (κ3) is 5.04. The van der Waals surface area contributed by atoms with Crippen molar-refractivity contribution in [1.29, 1.82) is 0 Å². The zero-order valence-electron chi connectivity index (χ0n) is 10.3. The number of rotatable bonds is 3. The van der Waals surface area contributed by atoms with Crippen molar-refractivity contribution in [3.8, 4) is 0 Å². The summed E-state index contributed by atoms with van der Waals surface area (Å²) in [4.78, 5) is 4.40. The van der Waals surface area contributed by atoms with Gasteiger partial charge in [0.25, 0.3) is 0 Å². The summed E-state index contributed by atoms with van der Waals surface area (Å²) >= 11 is 0. The molecular formula is C13H19BrFN3. The molecule has 2 N–H and O–H groups in total. The van der Waals surface area contributed by atoms with Gasteiger partial charge >= 0.3 is 0 Å². The maximum Gasteiger partial charge on any atom is 0.191 e. The molecule has 0 bridgehead atoms. The van der Waals surface area contributed by atoms with Gasteiger partial charge in [0.2, 0.25) is 0 Å². The summed E-state index contributed by atoms with van der Waals surface area (Å²) in [6, 6.07) is 6.63. The molecule has 0 aliphatic carbocycles. The molecule has 100 valence electrons. The molecule has 2 rings (SSSR count). The van der Waals surface area contributed by atoms with Crippen LogP contribution in [0, 0.1) is 5.82 Å². The number of halogens is 2. The molecule has 1 aromatic rings. The Bertz CT molecular complexity index is 378. The van der Waals surface area contributed by atoms with Crippen molar-refractivity contribution in [3.05, 3.63) is 35.6 Å². The van der Waals surface area contributed by atoms with Crippen molar-refractivity contribution in [2.75, 3.05) is 19.6 Å². The van der Waals surface area contributed by atoms with E-state index < -0.39 is 0 Å². The number of nitrogens with one attached hydrogen (secondary N) is 2. The van der Waals surface area contributed by atoms with E-state index in [2.05, 4.69) is 15.6 Å². The number of benzene rings is 1. The summed E-state index contributed by atoms with van der Waals surface area (Å²) in [6.07, 6.45) is 3.20. The van der Waals surface area contributed by atoms with Crippen LogP contribution >= 0.6 is 17.0 Å². The van der Waals surface area contributed by atoms with E-state index in [4.69, 9.17) is 0 Å². The lowest BCUT2D eigenvalue weighted by atomic mass is 10.1. The number of guanidine groups is 1. The molecule has 1 aliphatic rings. The lowest BCUT2D eigenvalue weighted by Gasteiger charge is -2.09. The smallest absolute Gasteiger partial charge is 0.191 e. The summed E-state index contributed by atoms with van der Waals surface area (Å²) in [5.41, 5.74) is 1.13. The first-order valence-corrected chi connectivity index (χ1v) is 6.11. The van der Waals surface area contributed by atoms with E-state index in [0.717, 1.165) is 44.0 Å². The van der Waals surface area contributed by atoms with Gasteiger partial charge in [-0.05, 0) is 37.0 Å². The molecule has 0 spiro atoms. The average Bonchev–Trinajstić information content (AvgIpc) is 2.60. The van der Waals surface area contributed by atoms with E-state index in [1.807, 2.05) is 12.1 Å². The average molecular weight is 316 g/mol. The van der Waals surface area contributed by atoms with Crippen molar-refractivity contribution in [3.63, 3.8) is 0 Å². The highest BCUT2D eigenvalue weighted by atomic mass is 79.9. The fourth-order valence-corrected chi connectivity index (χ4v) is 1.79. The minimum atomic E-state index is -0.184. The van der Waals surface area contributed by atoms with Gasteiger partial charge in [-0.15, -0.1) is 17.0 Å². The molecule has 0 radical (unpaired) electrons. The first-order chi connectivity index (χ1) is 8.34. The molecule has 1 aliphatic heterocycles. The molecule has 1 aromatic carbocycles. The van der Waals surface area contributed by atoms with Gasteiger partial charge in [0, 0.05) is 19.6 Å². The van der Waals surface area contributed by atoms with E-state index >= 15 is 0 Å². The summed E-state index contributed by atoms with van der Waals surface area (Å²) in [6.45, 7) is 2.70. The molecule has 0 amide bonds. The Kier molecular flexibility index (Phi) is 6.72. The van der Waals surface area contributed by atoms with Gasteiger partial charge in [-0.25, -0.2) is 4.39 Å². The topological polar surface area (TPSA) is 36.4 Å².